The number of ether oxygens (including phenoxy) is 3. The van der Waals surface area contributed by atoms with Gasteiger partial charge in [0, 0.05) is 10.0 Å². The standard InChI is InChI=1S/C31H22Cl2F3IN2O5S/c1-3-43-29(41)24-25(18-7-9-19(32)10-8-18)39-28(40)23(45-30(39)38-27(24)31(34,35)36)14-17-12-21(37)26(22(13-17)42-2)44-15-16-5-4-6-20(33)11-16/h4-14,25H,3,15H2,1-2H3/b23-14-/t25-/m0/s1. The second-order valence-electron chi connectivity index (χ2n) is 9.57. The monoisotopic (exact) mass is 788 g/mol. The summed E-state index contributed by atoms with van der Waals surface area (Å²) < 4.78 is 61.4. The summed E-state index contributed by atoms with van der Waals surface area (Å²) in [6, 6.07) is 15.0. The Balaban J connectivity index is 1.64. The van der Waals surface area contributed by atoms with E-state index in [-0.39, 0.29) is 28.1 Å². The van der Waals surface area contributed by atoms with Gasteiger partial charge in [-0.3, -0.25) is 9.36 Å². The van der Waals surface area contributed by atoms with Gasteiger partial charge in [0.2, 0.25) is 0 Å². The number of hydrogen-bond acceptors (Lipinski definition) is 7. The number of thiazole rings is 1. The van der Waals surface area contributed by atoms with Crippen molar-refractivity contribution in [3.05, 3.63) is 122 Å². The van der Waals surface area contributed by atoms with Gasteiger partial charge in [-0.1, -0.05) is 58.8 Å². The third-order valence-electron chi connectivity index (χ3n) is 6.60. The summed E-state index contributed by atoms with van der Waals surface area (Å²) in [6.07, 6.45) is -3.48. The lowest BCUT2D eigenvalue weighted by atomic mass is 9.95. The fourth-order valence-corrected chi connectivity index (χ4v) is 6.82. The van der Waals surface area contributed by atoms with E-state index < -0.39 is 35.0 Å². The molecule has 0 saturated carbocycles. The molecular weight excluding hydrogens is 767 g/mol. The lowest BCUT2D eigenvalue weighted by Crippen LogP contribution is -2.41. The van der Waals surface area contributed by atoms with E-state index in [0.29, 0.717) is 30.7 Å². The number of allylic oxidation sites excluding steroid dienone is 1. The van der Waals surface area contributed by atoms with Crippen LogP contribution in [-0.4, -0.2) is 30.4 Å². The highest BCUT2D eigenvalue weighted by Crippen LogP contribution is 2.39. The molecule has 1 atom stereocenters. The number of nitrogens with zero attached hydrogens (tertiary/aromatic N) is 2. The SMILES string of the molecule is CCOC(=O)C1=C(C(F)(F)F)N=c2s/c(=C\c3cc(I)c(OCc4cccc(Cl)c4)c(OC)c3)c(=O)n2[C@H]1c1ccc(Cl)cc1. The van der Waals surface area contributed by atoms with Crippen molar-refractivity contribution in [1.82, 2.24) is 4.57 Å². The van der Waals surface area contributed by atoms with E-state index in [2.05, 4.69) is 27.6 Å². The maximum atomic E-state index is 14.3. The van der Waals surface area contributed by atoms with Gasteiger partial charge in [0.15, 0.2) is 22.0 Å². The number of methoxy groups -OCH3 is 1. The summed E-state index contributed by atoms with van der Waals surface area (Å²) in [5.41, 5.74) is -1.25. The molecule has 0 fully saturated rings. The minimum atomic E-state index is -5.01. The van der Waals surface area contributed by atoms with Gasteiger partial charge in [-0.2, -0.15) is 13.2 Å². The molecule has 5 rings (SSSR count). The first kappa shape index (κ1) is 33.0. The summed E-state index contributed by atoms with van der Waals surface area (Å²) in [7, 11) is 1.47. The van der Waals surface area contributed by atoms with E-state index in [4.69, 9.17) is 37.4 Å². The van der Waals surface area contributed by atoms with E-state index in [1.54, 1.807) is 24.3 Å². The minimum absolute atomic E-state index is 0.0878. The molecule has 0 bridgehead atoms. The van der Waals surface area contributed by atoms with Crippen LogP contribution in [-0.2, 0) is 16.1 Å². The molecule has 0 unspecified atom stereocenters. The Morgan fingerprint density at radius 1 is 1.11 bits per heavy atom. The number of carbonyl (C=O) groups excluding carboxylic acids is 1. The zero-order valence-corrected chi connectivity index (χ0v) is 27.9. The molecule has 0 amide bonds. The molecular formula is C31H22Cl2F3IN2O5S. The number of rotatable bonds is 8. The van der Waals surface area contributed by atoms with Crippen molar-refractivity contribution in [3.8, 4) is 11.5 Å². The number of hydrogen-bond donors (Lipinski definition) is 0. The Hall–Kier alpha value is -3.33. The molecule has 1 aliphatic rings. The average Bonchev–Trinajstić information content (AvgIpc) is 3.30. The first-order chi connectivity index (χ1) is 21.4. The van der Waals surface area contributed by atoms with Crippen molar-refractivity contribution in [1.29, 1.82) is 0 Å². The molecule has 7 nitrogen and oxygen atoms in total. The normalized spacial score (nSPS) is 15.0. The number of fused-ring (bicyclic) bond motifs is 1. The fourth-order valence-electron chi connectivity index (χ4n) is 4.70. The van der Waals surface area contributed by atoms with Gasteiger partial charge in [-0.05, 0) is 88.7 Å². The lowest BCUT2D eigenvalue weighted by molar-refractivity contribution is -0.140. The van der Waals surface area contributed by atoms with Crippen LogP contribution < -0.4 is 24.4 Å². The zero-order chi connectivity index (χ0) is 32.5. The summed E-state index contributed by atoms with van der Waals surface area (Å²) in [5, 5.41) is 0.900. The molecule has 1 aromatic heterocycles. The number of esters is 1. The van der Waals surface area contributed by atoms with Gasteiger partial charge in [0.25, 0.3) is 5.56 Å². The largest absolute Gasteiger partial charge is 0.493 e. The quantitative estimate of drug-likeness (QED) is 0.145. The number of aromatic nitrogens is 1. The predicted molar refractivity (Wildman–Crippen MR) is 174 cm³/mol. The molecule has 0 saturated heterocycles. The number of alkyl halides is 3. The Bertz CT molecular complexity index is 1990. The summed E-state index contributed by atoms with van der Waals surface area (Å²) in [4.78, 5) is 30.4. The van der Waals surface area contributed by atoms with Crippen LogP contribution in [0.1, 0.15) is 29.7 Å². The van der Waals surface area contributed by atoms with Crippen molar-refractivity contribution < 1.29 is 32.2 Å². The van der Waals surface area contributed by atoms with Gasteiger partial charge in [-0.15, -0.1) is 0 Å². The highest BCUT2D eigenvalue weighted by molar-refractivity contribution is 14.1. The first-order valence-electron chi connectivity index (χ1n) is 13.2. The Morgan fingerprint density at radius 2 is 1.84 bits per heavy atom. The van der Waals surface area contributed by atoms with Crippen LogP contribution in [0, 0.1) is 3.57 Å². The molecule has 4 aromatic rings. The van der Waals surface area contributed by atoms with Crippen LogP contribution in [0.3, 0.4) is 0 Å². The summed E-state index contributed by atoms with van der Waals surface area (Å²) in [5.74, 6) is -0.380. The van der Waals surface area contributed by atoms with Gasteiger partial charge < -0.3 is 14.2 Å². The molecule has 2 heterocycles. The van der Waals surface area contributed by atoms with Gasteiger partial charge in [0.05, 0.1) is 33.4 Å². The van der Waals surface area contributed by atoms with Crippen molar-refractivity contribution in [2.24, 2.45) is 4.99 Å². The van der Waals surface area contributed by atoms with Crippen LogP contribution in [0.5, 0.6) is 11.5 Å². The summed E-state index contributed by atoms with van der Waals surface area (Å²) >= 11 is 14.9. The fraction of sp³-hybridized carbons (Fsp3) is 0.194. The third-order valence-corrected chi connectivity index (χ3v) is 8.87. The molecule has 14 heteroatoms. The second kappa shape index (κ2) is 13.6. The molecule has 1 aliphatic heterocycles. The highest BCUT2D eigenvalue weighted by atomic mass is 127. The lowest BCUT2D eigenvalue weighted by Gasteiger charge is -2.26. The van der Waals surface area contributed by atoms with E-state index in [0.717, 1.165) is 21.5 Å². The van der Waals surface area contributed by atoms with E-state index >= 15 is 0 Å². The Morgan fingerprint density at radius 3 is 2.49 bits per heavy atom. The number of benzene rings is 3. The van der Waals surface area contributed by atoms with Crippen molar-refractivity contribution >= 4 is 69.2 Å². The minimum Gasteiger partial charge on any atom is -0.493 e. The van der Waals surface area contributed by atoms with Crippen molar-refractivity contribution in [2.75, 3.05) is 13.7 Å². The zero-order valence-electron chi connectivity index (χ0n) is 23.5. The molecule has 3 aromatic carbocycles. The molecule has 45 heavy (non-hydrogen) atoms. The molecule has 0 radical (unpaired) electrons. The van der Waals surface area contributed by atoms with Crippen molar-refractivity contribution in [3.63, 3.8) is 0 Å². The second-order valence-corrected chi connectivity index (χ2v) is 12.6. The van der Waals surface area contributed by atoms with Gasteiger partial charge in [0.1, 0.15) is 6.61 Å². The highest BCUT2D eigenvalue weighted by Gasteiger charge is 2.45. The van der Waals surface area contributed by atoms with Crippen LogP contribution in [0.15, 0.2) is 81.7 Å². The van der Waals surface area contributed by atoms with Crippen LogP contribution in [0.4, 0.5) is 13.2 Å². The van der Waals surface area contributed by atoms with Crippen molar-refractivity contribution in [2.45, 2.75) is 25.7 Å². The van der Waals surface area contributed by atoms with Crippen LogP contribution in [0.25, 0.3) is 6.08 Å². The van der Waals surface area contributed by atoms with Gasteiger partial charge >= 0.3 is 12.1 Å². The molecule has 0 spiro atoms. The Kier molecular flexibility index (Phi) is 9.97. The first-order valence-corrected chi connectivity index (χ1v) is 15.9. The van der Waals surface area contributed by atoms with Gasteiger partial charge in [-0.25, -0.2) is 9.79 Å². The third kappa shape index (κ3) is 7.08. The van der Waals surface area contributed by atoms with E-state index in [1.807, 2.05) is 12.1 Å². The van der Waals surface area contributed by atoms with E-state index in [1.165, 1.54) is 44.4 Å². The average molecular weight is 789 g/mol. The molecule has 234 valence electrons. The van der Waals surface area contributed by atoms with E-state index in [9.17, 15) is 22.8 Å². The Labute approximate surface area is 282 Å². The number of halogens is 6. The topological polar surface area (TPSA) is 79.1 Å². The molecule has 0 N–H and O–H groups in total. The van der Waals surface area contributed by atoms with Crippen LogP contribution in [0.2, 0.25) is 10.0 Å². The summed E-state index contributed by atoms with van der Waals surface area (Å²) in [6.45, 7) is 1.52. The smallest absolute Gasteiger partial charge is 0.434 e. The molecule has 0 aliphatic carbocycles. The predicted octanol–water partition coefficient (Wildman–Crippen LogP) is 6.84. The number of carbonyl (C=O) groups is 1. The maximum Gasteiger partial charge on any atom is 0.434 e. The maximum absolute atomic E-state index is 14.3. The van der Waals surface area contributed by atoms with Crippen LogP contribution >= 0.6 is 57.1 Å².